The Morgan fingerprint density at radius 3 is 0.800 bits per heavy atom. The molecule has 0 aromatic heterocycles. The van der Waals surface area contributed by atoms with Crippen LogP contribution in [0.1, 0.15) is 0 Å². The van der Waals surface area contributed by atoms with Gasteiger partial charge in [0.2, 0.25) is 0 Å². The zero-order chi connectivity index (χ0) is 33.0. The van der Waals surface area contributed by atoms with Gasteiger partial charge in [0.15, 0.2) is 0 Å². The molecule has 0 aliphatic rings. The molecule has 0 radical (unpaired) electrons. The second kappa shape index (κ2) is 11.6. The molecule has 0 heteroatoms. The highest BCUT2D eigenvalue weighted by Crippen LogP contribution is 2.40. The number of hydrogen-bond donors (Lipinski definition) is 0. The molecule has 0 nitrogen and oxygen atoms in total. The Morgan fingerprint density at radius 1 is 0.180 bits per heavy atom. The molecule has 0 fully saturated rings. The maximum Gasteiger partial charge on any atom is -0.00990 e. The Bertz CT molecular complexity index is 2690. The maximum atomic E-state index is 2.34. The van der Waals surface area contributed by atoms with Crippen LogP contribution in [0.25, 0.3) is 98.4 Å². The Morgan fingerprint density at radius 2 is 0.440 bits per heavy atom. The van der Waals surface area contributed by atoms with E-state index < -0.39 is 0 Å². The van der Waals surface area contributed by atoms with Crippen molar-refractivity contribution in [2.75, 3.05) is 0 Å². The molecule has 0 aliphatic heterocycles. The van der Waals surface area contributed by atoms with E-state index in [-0.39, 0.29) is 0 Å². The van der Waals surface area contributed by atoms with E-state index in [0.717, 1.165) is 0 Å². The van der Waals surface area contributed by atoms with Crippen LogP contribution in [-0.2, 0) is 0 Å². The summed E-state index contributed by atoms with van der Waals surface area (Å²) in [7, 11) is 0. The topological polar surface area (TPSA) is 0 Å². The summed E-state index contributed by atoms with van der Waals surface area (Å²) in [5.74, 6) is 0. The van der Waals surface area contributed by atoms with Crippen molar-refractivity contribution in [3.8, 4) is 44.5 Å². The molecule has 0 saturated heterocycles. The van der Waals surface area contributed by atoms with Gasteiger partial charge in [0.1, 0.15) is 0 Å². The fourth-order valence-corrected chi connectivity index (χ4v) is 8.05. The third-order valence-corrected chi connectivity index (χ3v) is 10.5. The fourth-order valence-electron chi connectivity index (χ4n) is 8.05. The van der Waals surface area contributed by atoms with Crippen LogP contribution in [0.3, 0.4) is 0 Å². The fraction of sp³-hybridized carbons (Fsp3) is 0. The van der Waals surface area contributed by atoms with Gasteiger partial charge in [0.25, 0.3) is 0 Å². The highest BCUT2D eigenvalue weighted by molar-refractivity contribution is 6.15. The molecule has 0 atom stereocenters. The predicted molar refractivity (Wildman–Crippen MR) is 216 cm³/mol. The van der Waals surface area contributed by atoms with Gasteiger partial charge in [0, 0.05) is 0 Å². The standard InChI is InChI=1S/C50H32/c1-3-13-39-37(11-1)31-49(47-19-9-7-15-43(39)47)35-25-21-33(22-26-35)41-29-30-42(46-18-6-5-17-45(41)46)34-23-27-36(28-24-34)50-32-38-12-2-4-14-40(38)44-16-8-10-20-48(44)50/h1-32H. The molecule has 50 heavy (non-hydrogen) atoms. The first-order valence-corrected chi connectivity index (χ1v) is 17.3. The van der Waals surface area contributed by atoms with Crippen molar-refractivity contribution in [1.29, 1.82) is 0 Å². The van der Waals surface area contributed by atoms with Crippen molar-refractivity contribution in [3.63, 3.8) is 0 Å². The van der Waals surface area contributed by atoms with Crippen LogP contribution in [0.15, 0.2) is 194 Å². The van der Waals surface area contributed by atoms with Crippen LogP contribution in [0.5, 0.6) is 0 Å². The van der Waals surface area contributed by atoms with Crippen molar-refractivity contribution < 1.29 is 0 Å². The van der Waals surface area contributed by atoms with Gasteiger partial charge in [-0.05, 0) is 111 Å². The number of benzene rings is 10. The average molecular weight is 633 g/mol. The molecule has 0 unspecified atom stereocenters. The van der Waals surface area contributed by atoms with Crippen LogP contribution in [0.2, 0.25) is 0 Å². The van der Waals surface area contributed by atoms with E-state index in [1.54, 1.807) is 0 Å². The Hall–Kier alpha value is -6.50. The quantitative estimate of drug-likeness (QED) is 0.169. The van der Waals surface area contributed by atoms with Crippen LogP contribution < -0.4 is 0 Å². The van der Waals surface area contributed by atoms with Crippen molar-refractivity contribution in [3.05, 3.63) is 194 Å². The summed E-state index contributed by atoms with van der Waals surface area (Å²) in [6.07, 6.45) is 0. The van der Waals surface area contributed by atoms with Crippen LogP contribution in [-0.4, -0.2) is 0 Å². The summed E-state index contributed by atoms with van der Waals surface area (Å²) in [6, 6.07) is 71.2. The molecule has 232 valence electrons. The van der Waals surface area contributed by atoms with E-state index in [1.165, 1.54) is 98.4 Å². The second-order valence-corrected chi connectivity index (χ2v) is 13.2. The van der Waals surface area contributed by atoms with Crippen molar-refractivity contribution >= 4 is 53.9 Å². The Balaban J connectivity index is 1.03. The van der Waals surface area contributed by atoms with E-state index in [2.05, 4.69) is 194 Å². The normalized spacial score (nSPS) is 11.6. The highest BCUT2D eigenvalue weighted by Gasteiger charge is 2.13. The lowest BCUT2D eigenvalue weighted by atomic mass is 9.89. The zero-order valence-electron chi connectivity index (χ0n) is 27.5. The van der Waals surface area contributed by atoms with Gasteiger partial charge < -0.3 is 0 Å². The number of rotatable bonds is 4. The molecule has 0 saturated carbocycles. The minimum Gasteiger partial charge on any atom is -0.0616 e. The van der Waals surface area contributed by atoms with E-state index in [9.17, 15) is 0 Å². The van der Waals surface area contributed by atoms with Gasteiger partial charge in [-0.25, -0.2) is 0 Å². The first kappa shape index (κ1) is 28.5. The summed E-state index contributed by atoms with van der Waals surface area (Å²) in [4.78, 5) is 0. The lowest BCUT2D eigenvalue weighted by Crippen LogP contribution is -1.88. The first-order valence-electron chi connectivity index (χ1n) is 17.3. The minimum atomic E-state index is 1.22. The zero-order valence-corrected chi connectivity index (χ0v) is 27.5. The van der Waals surface area contributed by atoms with E-state index >= 15 is 0 Å². The summed E-state index contributed by atoms with van der Waals surface area (Å²) >= 11 is 0. The summed E-state index contributed by atoms with van der Waals surface area (Å²) in [5.41, 5.74) is 9.95. The van der Waals surface area contributed by atoms with E-state index in [0.29, 0.717) is 0 Å². The third-order valence-electron chi connectivity index (χ3n) is 10.5. The number of fused-ring (bicyclic) bond motifs is 7. The van der Waals surface area contributed by atoms with E-state index in [4.69, 9.17) is 0 Å². The van der Waals surface area contributed by atoms with Gasteiger partial charge in [-0.2, -0.15) is 0 Å². The van der Waals surface area contributed by atoms with E-state index in [1.807, 2.05) is 0 Å². The van der Waals surface area contributed by atoms with Crippen molar-refractivity contribution in [1.82, 2.24) is 0 Å². The molecule has 10 aromatic carbocycles. The third kappa shape index (κ3) is 4.61. The van der Waals surface area contributed by atoms with Gasteiger partial charge in [-0.3, -0.25) is 0 Å². The SMILES string of the molecule is c1ccc2c(c1)cc(-c1ccc(-c3ccc(-c4ccc(-c5cc6ccccc6c6ccccc56)cc4)c4ccccc34)cc1)c1ccccc12. The summed E-state index contributed by atoms with van der Waals surface area (Å²) in [5, 5.41) is 12.8. The predicted octanol–water partition coefficient (Wildman–Crippen LogP) is 14.1. The molecule has 0 bridgehead atoms. The van der Waals surface area contributed by atoms with Crippen molar-refractivity contribution in [2.45, 2.75) is 0 Å². The molecular formula is C50H32. The smallest absolute Gasteiger partial charge is 0.00990 e. The van der Waals surface area contributed by atoms with Crippen LogP contribution in [0, 0.1) is 0 Å². The highest BCUT2D eigenvalue weighted by atomic mass is 14.2. The number of hydrogen-bond acceptors (Lipinski definition) is 0. The first-order chi connectivity index (χ1) is 24.8. The Labute approximate surface area is 291 Å². The summed E-state index contributed by atoms with van der Waals surface area (Å²) in [6.45, 7) is 0. The second-order valence-electron chi connectivity index (χ2n) is 13.2. The van der Waals surface area contributed by atoms with Gasteiger partial charge >= 0.3 is 0 Å². The van der Waals surface area contributed by atoms with Gasteiger partial charge in [0.05, 0.1) is 0 Å². The largest absolute Gasteiger partial charge is 0.0616 e. The molecule has 0 N–H and O–H groups in total. The maximum absolute atomic E-state index is 2.34. The monoisotopic (exact) mass is 632 g/mol. The molecular weight excluding hydrogens is 601 g/mol. The molecule has 0 aliphatic carbocycles. The van der Waals surface area contributed by atoms with Crippen LogP contribution in [0.4, 0.5) is 0 Å². The Kier molecular flexibility index (Phi) is 6.60. The lowest BCUT2D eigenvalue weighted by Gasteiger charge is -2.15. The van der Waals surface area contributed by atoms with Gasteiger partial charge in [-0.1, -0.05) is 182 Å². The molecule has 0 heterocycles. The molecule has 0 amide bonds. The molecule has 10 rings (SSSR count). The average Bonchev–Trinajstić information content (AvgIpc) is 3.20. The molecule has 10 aromatic rings. The van der Waals surface area contributed by atoms with Gasteiger partial charge in [-0.15, -0.1) is 0 Å². The van der Waals surface area contributed by atoms with Crippen molar-refractivity contribution in [2.24, 2.45) is 0 Å². The minimum absolute atomic E-state index is 1.22. The van der Waals surface area contributed by atoms with Crippen LogP contribution >= 0.6 is 0 Å². The summed E-state index contributed by atoms with van der Waals surface area (Å²) < 4.78 is 0. The lowest BCUT2D eigenvalue weighted by molar-refractivity contribution is 1.61. The molecule has 0 spiro atoms.